The third kappa shape index (κ3) is 3.72. The van der Waals surface area contributed by atoms with Crippen LogP contribution in [0, 0.1) is 0 Å². The Morgan fingerprint density at radius 2 is 1.73 bits per heavy atom. The molecule has 0 aliphatic carbocycles. The van der Waals surface area contributed by atoms with Gasteiger partial charge in [0.15, 0.2) is 0 Å². The van der Waals surface area contributed by atoms with Gasteiger partial charge in [0.25, 0.3) is 0 Å². The van der Waals surface area contributed by atoms with Gasteiger partial charge >= 0.3 is 6.18 Å². The van der Waals surface area contributed by atoms with Crippen LogP contribution in [0.1, 0.15) is 5.56 Å². The first-order chi connectivity index (χ1) is 6.91. The van der Waals surface area contributed by atoms with Gasteiger partial charge in [0.05, 0.1) is 0 Å². The van der Waals surface area contributed by atoms with Gasteiger partial charge in [0.2, 0.25) is 5.50 Å². The lowest BCUT2D eigenvalue weighted by Gasteiger charge is -2.09. The van der Waals surface area contributed by atoms with E-state index in [1.807, 2.05) is 0 Å². The smallest absolute Gasteiger partial charge is 0.243 e. The number of hydrogen-bond acceptors (Lipinski definition) is 1. The minimum absolute atomic E-state index is 0.257. The summed E-state index contributed by atoms with van der Waals surface area (Å²) >= 11 is 10.6. The number of benzene rings is 1. The maximum absolute atomic E-state index is 12.0. The molecule has 0 N–H and O–H groups in total. The third-order valence-corrected chi connectivity index (χ3v) is 2.17. The van der Waals surface area contributed by atoms with Gasteiger partial charge in [-0.25, -0.2) is 4.99 Å². The molecular formula is C9H6Cl2F3N. The van der Waals surface area contributed by atoms with Crippen molar-refractivity contribution in [3.05, 3.63) is 35.9 Å². The number of alkyl halides is 4. The highest BCUT2D eigenvalue weighted by atomic mass is 35.5. The van der Waals surface area contributed by atoms with Crippen LogP contribution >= 0.6 is 23.2 Å². The second-order valence-corrected chi connectivity index (χ2v) is 3.43. The fraction of sp³-hybridized carbons (Fsp3) is 0.222. The molecule has 1 aromatic carbocycles. The molecule has 0 radical (unpaired) electrons. The molecule has 0 fully saturated rings. The Hall–Kier alpha value is -0.740. The summed E-state index contributed by atoms with van der Waals surface area (Å²) in [6, 6.07) is 8.10. The van der Waals surface area contributed by atoms with Gasteiger partial charge in [-0.3, -0.25) is 0 Å². The molecule has 0 aliphatic rings. The fourth-order valence-corrected chi connectivity index (χ4v) is 1.19. The summed E-state index contributed by atoms with van der Waals surface area (Å²) in [7, 11) is 0. The minimum Gasteiger partial charge on any atom is -0.243 e. The Kier molecular flexibility index (Phi) is 3.99. The van der Waals surface area contributed by atoms with Crippen LogP contribution in [0.2, 0.25) is 0 Å². The van der Waals surface area contributed by atoms with E-state index < -0.39 is 11.7 Å². The Labute approximate surface area is 94.5 Å². The largest absolute Gasteiger partial charge is 0.424 e. The normalized spacial score (nSPS) is 15.1. The van der Waals surface area contributed by atoms with E-state index in [0.717, 1.165) is 0 Å². The van der Waals surface area contributed by atoms with Gasteiger partial charge in [0, 0.05) is 5.56 Å². The molecule has 1 unspecified atom stereocenters. The van der Waals surface area contributed by atoms with Gasteiger partial charge in [-0.2, -0.15) is 13.2 Å². The number of nitrogens with zero attached hydrogens (tertiary/aromatic N) is 1. The van der Waals surface area contributed by atoms with Crippen molar-refractivity contribution in [1.82, 2.24) is 0 Å². The highest BCUT2D eigenvalue weighted by Gasteiger charge is 2.38. The molecule has 0 heterocycles. The maximum atomic E-state index is 12.0. The quantitative estimate of drug-likeness (QED) is 0.433. The predicted molar refractivity (Wildman–Crippen MR) is 54.5 cm³/mol. The van der Waals surface area contributed by atoms with Crippen molar-refractivity contribution in [3.63, 3.8) is 0 Å². The first kappa shape index (κ1) is 12.3. The van der Waals surface area contributed by atoms with E-state index >= 15 is 0 Å². The summed E-state index contributed by atoms with van der Waals surface area (Å²) in [6.07, 6.45) is -4.59. The number of aliphatic imine (C=N–C) groups is 1. The molecule has 1 atom stereocenters. The predicted octanol–water partition coefficient (Wildman–Crippen LogP) is 3.80. The summed E-state index contributed by atoms with van der Waals surface area (Å²) in [5.74, 6) is 0. The number of rotatable bonds is 2. The minimum atomic E-state index is -4.59. The van der Waals surface area contributed by atoms with Crippen molar-refractivity contribution in [3.8, 4) is 0 Å². The van der Waals surface area contributed by atoms with Gasteiger partial charge in [-0.15, -0.1) is 0 Å². The Morgan fingerprint density at radius 1 is 1.20 bits per heavy atom. The molecule has 0 saturated heterocycles. The van der Waals surface area contributed by atoms with E-state index in [0.29, 0.717) is 5.56 Å². The summed E-state index contributed by atoms with van der Waals surface area (Å²) in [5.41, 5.74) is -1.92. The monoisotopic (exact) mass is 255 g/mol. The highest BCUT2D eigenvalue weighted by molar-refractivity contribution is 6.69. The van der Waals surface area contributed by atoms with Crippen LogP contribution in [0.15, 0.2) is 35.3 Å². The molecule has 1 rings (SSSR count). The maximum Gasteiger partial charge on any atom is 0.424 e. The number of hydrogen-bond donors (Lipinski definition) is 0. The summed E-state index contributed by atoms with van der Waals surface area (Å²) < 4.78 is 36.1. The molecule has 0 saturated carbocycles. The van der Waals surface area contributed by atoms with E-state index in [1.54, 1.807) is 30.3 Å². The zero-order valence-electron chi connectivity index (χ0n) is 7.30. The molecule has 6 heteroatoms. The lowest BCUT2D eigenvalue weighted by Crippen LogP contribution is -2.22. The molecule has 15 heavy (non-hydrogen) atoms. The topological polar surface area (TPSA) is 12.4 Å². The average molecular weight is 256 g/mol. The van der Waals surface area contributed by atoms with Crippen molar-refractivity contribution < 1.29 is 13.2 Å². The van der Waals surface area contributed by atoms with Crippen LogP contribution in [-0.2, 0) is 0 Å². The molecule has 82 valence electrons. The molecule has 0 bridgehead atoms. The van der Waals surface area contributed by atoms with Gasteiger partial charge in [0.1, 0.15) is 5.17 Å². The highest BCUT2D eigenvalue weighted by Crippen LogP contribution is 2.26. The van der Waals surface area contributed by atoms with E-state index in [9.17, 15) is 13.2 Å². The zero-order valence-corrected chi connectivity index (χ0v) is 8.81. The van der Waals surface area contributed by atoms with Gasteiger partial charge < -0.3 is 0 Å². The molecule has 0 aromatic heterocycles. The Morgan fingerprint density at radius 3 is 2.20 bits per heavy atom. The van der Waals surface area contributed by atoms with E-state index in [-0.39, 0.29) is 5.17 Å². The van der Waals surface area contributed by atoms with Crippen LogP contribution in [0.4, 0.5) is 13.2 Å². The molecule has 1 nitrogen and oxygen atoms in total. The number of halogens is 5. The van der Waals surface area contributed by atoms with Crippen LogP contribution < -0.4 is 0 Å². The van der Waals surface area contributed by atoms with Crippen molar-refractivity contribution in [2.24, 2.45) is 4.99 Å². The van der Waals surface area contributed by atoms with Crippen LogP contribution in [0.3, 0.4) is 0 Å². The van der Waals surface area contributed by atoms with Crippen LogP contribution in [0.5, 0.6) is 0 Å². The second kappa shape index (κ2) is 4.86. The Bertz CT molecular complexity index is 348. The van der Waals surface area contributed by atoms with Gasteiger partial charge in [-0.1, -0.05) is 53.5 Å². The summed E-state index contributed by atoms with van der Waals surface area (Å²) in [4.78, 5) is 3.14. The zero-order chi connectivity index (χ0) is 11.5. The van der Waals surface area contributed by atoms with Crippen LogP contribution in [-0.4, -0.2) is 16.8 Å². The first-order valence-corrected chi connectivity index (χ1v) is 4.72. The van der Waals surface area contributed by atoms with Crippen molar-refractivity contribution >= 4 is 28.4 Å². The molecule has 0 amide bonds. The van der Waals surface area contributed by atoms with E-state index in [2.05, 4.69) is 4.99 Å². The molecule has 1 aromatic rings. The van der Waals surface area contributed by atoms with Crippen LogP contribution in [0.25, 0.3) is 0 Å². The summed E-state index contributed by atoms with van der Waals surface area (Å²) in [5, 5.41) is -0.257. The van der Waals surface area contributed by atoms with Crippen molar-refractivity contribution in [2.75, 3.05) is 0 Å². The molecular weight excluding hydrogens is 250 g/mol. The average Bonchev–Trinajstić information content (AvgIpc) is 2.17. The third-order valence-electron chi connectivity index (χ3n) is 1.51. The fourth-order valence-electron chi connectivity index (χ4n) is 0.823. The first-order valence-electron chi connectivity index (χ1n) is 3.91. The SMILES string of the molecule is FC(F)(F)C(Cl)/N=C(\Cl)c1ccccc1. The van der Waals surface area contributed by atoms with E-state index in [1.165, 1.54) is 0 Å². The van der Waals surface area contributed by atoms with Crippen molar-refractivity contribution in [2.45, 2.75) is 11.7 Å². The van der Waals surface area contributed by atoms with Gasteiger partial charge in [-0.05, 0) is 0 Å². The lowest BCUT2D eigenvalue weighted by atomic mass is 10.2. The Balaban J connectivity index is 2.86. The standard InChI is InChI=1S/C9H6Cl2F3N/c10-7(6-4-2-1-3-5-6)15-8(11)9(12,13)14/h1-5,8H/b15-7-. The van der Waals surface area contributed by atoms with Crippen molar-refractivity contribution in [1.29, 1.82) is 0 Å². The lowest BCUT2D eigenvalue weighted by molar-refractivity contribution is -0.128. The molecule has 0 aliphatic heterocycles. The van der Waals surface area contributed by atoms with E-state index in [4.69, 9.17) is 23.2 Å². The molecule has 0 spiro atoms. The second-order valence-electron chi connectivity index (χ2n) is 2.66. The summed E-state index contributed by atoms with van der Waals surface area (Å²) in [6.45, 7) is 0.